The lowest BCUT2D eigenvalue weighted by atomic mass is 9.48. The van der Waals surface area contributed by atoms with E-state index >= 15 is 0 Å². The number of ketones is 2. The third-order valence-electron chi connectivity index (χ3n) is 19.6. The second-order valence-electron chi connectivity index (χ2n) is 25.9. The average molecular weight is 1240 g/mol. The van der Waals surface area contributed by atoms with Crippen LogP contribution < -0.4 is 9.47 Å². The van der Waals surface area contributed by atoms with Gasteiger partial charge in [0.1, 0.15) is 28.7 Å². The van der Waals surface area contributed by atoms with Crippen molar-refractivity contribution in [2.24, 2.45) is 56.2 Å². The number of ether oxygens (including phenoxy) is 9. The lowest BCUT2D eigenvalue weighted by Crippen LogP contribution is -2.68. The summed E-state index contributed by atoms with van der Waals surface area (Å²) in [5, 5.41) is 0. The quantitative estimate of drug-likeness (QED) is 0.0839. The molecule has 10 atom stereocenters. The number of halogens is 1. The fourth-order valence-corrected chi connectivity index (χ4v) is 15.0. The maximum atomic E-state index is 14.3. The molecule has 9 rings (SSSR count). The van der Waals surface area contributed by atoms with Crippen molar-refractivity contribution in [3.8, 4) is 11.5 Å². The molecule has 3 unspecified atom stereocenters. The number of likely N-dealkylation sites (tertiary alicyclic amines) is 1. The van der Waals surface area contributed by atoms with Crippen LogP contribution in [0.3, 0.4) is 0 Å². The number of alkyl halides is 1. The largest absolute Gasteiger partial charge is 0.497 e. The van der Waals surface area contributed by atoms with E-state index in [1.807, 2.05) is 74.5 Å². The fourth-order valence-electron chi connectivity index (χ4n) is 14.5. The summed E-state index contributed by atoms with van der Waals surface area (Å²) in [4.78, 5) is 55.4. The first-order valence-electron chi connectivity index (χ1n) is 28.8. The number of allylic oxidation sites excluding steroid dienone is 1. The highest BCUT2D eigenvalue weighted by Gasteiger charge is 2.76. The molecule has 4 aliphatic carbocycles. The Kier molecular flexibility index (Phi) is 21.0. The summed E-state index contributed by atoms with van der Waals surface area (Å²) in [5.74, 6) is -0.0234. The number of amides is 2. The van der Waals surface area contributed by atoms with Crippen LogP contribution in [0.15, 0.2) is 86.1 Å². The van der Waals surface area contributed by atoms with Crippen molar-refractivity contribution in [1.82, 2.24) is 4.90 Å². The van der Waals surface area contributed by atoms with Gasteiger partial charge in [0.2, 0.25) is 5.91 Å². The van der Waals surface area contributed by atoms with Gasteiger partial charge >= 0.3 is 6.09 Å². The van der Waals surface area contributed by atoms with E-state index in [0.717, 1.165) is 65.6 Å². The zero-order valence-corrected chi connectivity index (χ0v) is 52.2. The summed E-state index contributed by atoms with van der Waals surface area (Å²) in [6.07, 6.45) is 9.83. The van der Waals surface area contributed by atoms with Crippen LogP contribution in [-0.4, -0.2) is 104 Å². The molecule has 7 aliphatic rings. The number of nitrogens with zero attached hydrogens (tertiary/aromatic N) is 1. The van der Waals surface area contributed by atoms with Crippen LogP contribution in [0.4, 0.5) is 4.79 Å². The Labute approximate surface area is 498 Å². The third-order valence-corrected chi connectivity index (χ3v) is 21.4. The molecule has 2 aromatic carbocycles. The monoisotopic (exact) mass is 1240 g/mol. The van der Waals surface area contributed by atoms with Gasteiger partial charge in [0.05, 0.1) is 72.5 Å². The maximum Gasteiger partial charge on any atom is 0.421 e. The summed E-state index contributed by atoms with van der Waals surface area (Å²) in [6, 6.07) is 15.7. The molecule has 3 aliphatic heterocycles. The van der Waals surface area contributed by atoms with E-state index in [-0.39, 0.29) is 59.4 Å². The van der Waals surface area contributed by atoms with Gasteiger partial charge in [-0.3, -0.25) is 14.4 Å². The molecule has 15 heteroatoms. The van der Waals surface area contributed by atoms with Crippen molar-refractivity contribution >= 4 is 46.2 Å². The Bertz CT molecular complexity index is 2570. The number of hydrogen-bond donors (Lipinski definition) is 0. The second-order valence-corrected chi connectivity index (χ2v) is 26.7. The number of benzene rings is 2. The summed E-state index contributed by atoms with van der Waals surface area (Å²) < 4.78 is 53.5. The predicted octanol–water partition coefficient (Wildman–Crippen LogP) is 13.9. The van der Waals surface area contributed by atoms with E-state index in [0.29, 0.717) is 77.8 Å². The summed E-state index contributed by atoms with van der Waals surface area (Å²) in [6.45, 7) is 36.0. The Hall–Kier alpha value is -3.97. The molecule has 14 nitrogen and oxygen atoms in total. The van der Waals surface area contributed by atoms with E-state index in [1.54, 1.807) is 41.9 Å². The van der Waals surface area contributed by atoms with E-state index < -0.39 is 44.9 Å². The molecule has 4 saturated carbocycles. The molecule has 3 heterocycles. The minimum Gasteiger partial charge on any atom is -0.497 e. The van der Waals surface area contributed by atoms with Gasteiger partial charge in [-0.05, 0) is 120 Å². The van der Waals surface area contributed by atoms with Crippen molar-refractivity contribution in [3.05, 3.63) is 97.2 Å². The van der Waals surface area contributed by atoms with Crippen molar-refractivity contribution in [2.45, 2.75) is 165 Å². The minimum atomic E-state index is -0.847. The van der Waals surface area contributed by atoms with Gasteiger partial charge in [0.25, 0.3) is 0 Å². The molecule has 2 spiro atoms. The van der Waals surface area contributed by atoms with Gasteiger partial charge in [-0.25, -0.2) is 9.69 Å². The SMILES string of the molecule is C.C=C1N(C(=O)OC(C)(C)C)C(=O)[C@@]2(C)C3C4(CC[C@@]13CC[C@H]2C)OCCO4.C=C[C@@](C)(CI)COCc1ccc(OC)cc1.C=C[C@](C)(COCc1ccc(OC)cc1)CC(=O)C1(C)C2C3(CC[C@]2(C(C)=O)CC[C@H]1C)OCCO3. The van der Waals surface area contributed by atoms with Crippen LogP contribution in [0, 0.1) is 56.2 Å². The minimum absolute atomic E-state index is 0. The maximum absolute atomic E-state index is 14.3. The molecule has 2 aromatic rings. The van der Waals surface area contributed by atoms with Gasteiger partial charge < -0.3 is 42.6 Å². The number of carbonyl (C=O) groups is 4. The molecule has 2 amide bonds. The fraction of sp³-hybridized carbons (Fsp3) is 0.667. The van der Waals surface area contributed by atoms with Crippen LogP contribution in [0.1, 0.15) is 146 Å². The lowest BCUT2D eigenvalue weighted by molar-refractivity contribution is -0.246. The van der Waals surface area contributed by atoms with Gasteiger partial charge in [-0.1, -0.05) is 108 Å². The second kappa shape index (κ2) is 25.7. The highest BCUT2D eigenvalue weighted by molar-refractivity contribution is 14.1. The third kappa shape index (κ3) is 12.7. The van der Waals surface area contributed by atoms with Crippen molar-refractivity contribution in [3.63, 3.8) is 0 Å². The van der Waals surface area contributed by atoms with E-state index in [1.165, 1.54) is 4.90 Å². The Morgan fingerprint density at radius 3 is 1.63 bits per heavy atom. The predicted molar refractivity (Wildman–Crippen MR) is 323 cm³/mol. The molecular formula is C66H96INO13. The number of hydrogen-bond acceptors (Lipinski definition) is 13. The lowest BCUT2D eigenvalue weighted by Gasteiger charge is -2.61. The van der Waals surface area contributed by atoms with E-state index in [2.05, 4.69) is 70.0 Å². The normalized spacial score (nSPS) is 30.9. The number of imide groups is 1. The molecule has 0 radical (unpaired) electrons. The number of Topliss-reactive ketones (excluding diaryl/α,β-unsaturated/α-hetero) is 2. The molecule has 3 saturated heterocycles. The van der Waals surface area contributed by atoms with Crippen LogP contribution in [0.25, 0.3) is 0 Å². The number of fused-ring (bicyclic) bond motifs is 2. The number of piperidine rings is 1. The smallest absolute Gasteiger partial charge is 0.421 e. The topological polar surface area (TPSA) is 155 Å². The highest BCUT2D eigenvalue weighted by atomic mass is 127. The molecule has 7 fully saturated rings. The zero-order valence-electron chi connectivity index (χ0n) is 50.1. The Balaban J connectivity index is 0.000000207. The van der Waals surface area contributed by atoms with Crippen molar-refractivity contribution < 1.29 is 61.8 Å². The molecule has 0 aromatic heterocycles. The summed E-state index contributed by atoms with van der Waals surface area (Å²) in [5.41, 5.74) is -0.829. The zero-order chi connectivity index (χ0) is 58.7. The summed E-state index contributed by atoms with van der Waals surface area (Å²) >= 11 is 2.36. The van der Waals surface area contributed by atoms with Gasteiger partial charge in [-0.2, -0.15) is 0 Å². The Morgan fingerprint density at radius 2 is 1.17 bits per heavy atom. The van der Waals surface area contributed by atoms with Crippen LogP contribution in [0.5, 0.6) is 11.5 Å². The van der Waals surface area contributed by atoms with Gasteiger partial charge in [-0.15, -0.1) is 13.2 Å². The van der Waals surface area contributed by atoms with Crippen LogP contribution in [0.2, 0.25) is 0 Å². The first kappa shape index (κ1) is 66.2. The number of rotatable bonds is 17. The number of methoxy groups -OCH3 is 2. The van der Waals surface area contributed by atoms with Crippen molar-refractivity contribution in [1.29, 1.82) is 0 Å². The molecule has 0 N–H and O–H groups in total. The molecule has 450 valence electrons. The first-order chi connectivity index (χ1) is 37.7. The molecule has 2 bridgehead atoms. The van der Waals surface area contributed by atoms with E-state index in [4.69, 9.17) is 42.6 Å². The highest BCUT2D eigenvalue weighted by Crippen LogP contribution is 2.72. The van der Waals surface area contributed by atoms with Crippen LogP contribution >= 0.6 is 22.6 Å². The standard InChI is InChI=1S/C30H42O6.C21H31NO5.C14H19IO2.CH4/c1-7-27(4,20-34-19-23-8-10-24(33-6)11-9-23)18-25(32)28(5)21(2)12-13-29(22(3)31)14-15-30(26(28)29)35-16-17-36-30;1-13-7-8-20-9-10-21(25-11-12-26-21)15(20)19(13,6)16(23)22(14(20)2)17(24)27-18(3,4)5;1-4-14(2,10-15)11-17-9-12-5-7-13(16-3)8-6-12;/h7-11,21,26H,1,12-20H2,2-6H3;13,15H,2,7-12H2,1,3-6H3;4-8H,1,9-11H2,2-3H3;1H4/t21-,26?,27+,28?,29+;13-,15?,19-,20+;14-;/m110./s1. The Morgan fingerprint density at radius 1 is 0.704 bits per heavy atom. The number of carbonyl (C=O) groups excluding carboxylic acids is 4. The molecular weight excluding hydrogens is 1140 g/mol. The van der Waals surface area contributed by atoms with E-state index in [9.17, 15) is 19.2 Å². The van der Waals surface area contributed by atoms with Crippen LogP contribution in [-0.2, 0) is 60.8 Å². The van der Waals surface area contributed by atoms with Gasteiger partial charge in [0, 0.05) is 68.3 Å². The summed E-state index contributed by atoms with van der Waals surface area (Å²) in [7, 11) is 3.31. The average Bonchev–Trinajstić information content (AvgIpc) is 4.38. The molecule has 81 heavy (non-hydrogen) atoms. The first-order valence-corrected chi connectivity index (χ1v) is 30.3. The van der Waals surface area contributed by atoms with Crippen molar-refractivity contribution in [2.75, 3.05) is 58.3 Å². The van der Waals surface area contributed by atoms with Gasteiger partial charge in [0.15, 0.2) is 11.6 Å².